The van der Waals surface area contributed by atoms with Crippen LogP contribution in [0.25, 0.3) is 10.9 Å². The van der Waals surface area contributed by atoms with Crippen LogP contribution in [0.5, 0.6) is 5.75 Å². The van der Waals surface area contributed by atoms with Crippen LogP contribution in [0.2, 0.25) is 0 Å². The molecule has 1 atom stereocenters. The van der Waals surface area contributed by atoms with Crippen molar-refractivity contribution in [1.82, 2.24) is 4.98 Å². The van der Waals surface area contributed by atoms with Crippen molar-refractivity contribution in [2.45, 2.75) is 12.3 Å². The molecule has 1 heterocycles. The average molecular weight is 260 g/mol. The van der Waals surface area contributed by atoms with Crippen LogP contribution in [-0.4, -0.2) is 29.7 Å². The van der Waals surface area contributed by atoms with Crippen molar-refractivity contribution in [2.75, 3.05) is 13.7 Å². The van der Waals surface area contributed by atoms with Crippen molar-refractivity contribution in [3.05, 3.63) is 36.0 Å². The zero-order chi connectivity index (χ0) is 13.8. The van der Waals surface area contributed by atoms with E-state index < -0.39 is 5.97 Å². The van der Waals surface area contributed by atoms with Crippen LogP contribution in [0.15, 0.2) is 30.3 Å². The van der Waals surface area contributed by atoms with Crippen LogP contribution >= 0.6 is 0 Å². The Balaban J connectivity index is 2.47. The Kier molecular flexibility index (Phi) is 3.97. The fourth-order valence-electron chi connectivity index (χ4n) is 2.05. The summed E-state index contributed by atoms with van der Waals surface area (Å²) < 4.78 is 5.27. The van der Waals surface area contributed by atoms with E-state index in [4.69, 9.17) is 15.6 Å². The number of nitrogens with zero attached hydrogens (tertiary/aromatic N) is 1. The van der Waals surface area contributed by atoms with Crippen molar-refractivity contribution in [1.29, 1.82) is 0 Å². The van der Waals surface area contributed by atoms with E-state index in [0.717, 1.165) is 10.9 Å². The SMILES string of the molecule is COc1cccc2ccc(C(CN)CC(=O)O)nc12. The molecule has 5 nitrogen and oxygen atoms in total. The summed E-state index contributed by atoms with van der Waals surface area (Å²) in [4.78, 5) is 15.3. The number of para-hydroxylation sites is 1. The molecule has 0 saturated heterocycles. The lowest BCUT2D eigenvalue weighted by Gasteiger charge is -2.13. The minimum Gasteiger partial charge on any atom is -0.494 e. The molecule has 0 saturated carbocycles. The van der Waals surface area contributed by atoms with E-state index in [0.29, 0.717) is 11.4 Å². The van der Waals surface area contributed by atoms with Gasteiger partial charge in [-0.3, -0.25) is 4.79 Å². The number of fused-ring (bicyclic) bond motifs is 1. The molecular weight excluding hydrogens is 244 g/mol. The smallest absolute Gasteiger partial charge is 0.304 e. The molecule has 1 aromatic carbocycles. The van der Waals surface area contributed by atoms with Gasteiger partial charge in [-0.25, -0.2) is 4.98 Å². The normalized spacial score (nSPS) is 12.3. The van der Waals surface area contributed by atoms with Gasteiger partial charge in [0.15, 0.2) is 0 Å². The number of benzene rings is 1. The number of aliphatic carboxylic acids is 1. The summed E-state index contributed by atoms with van der Waals surface area (Å²) in [7, 11) is 1.58. The lowest BCUT2D eigenvalue weighted by atomic mass is 10.00. The zero-order valence-corrected chi connectivity index (χ0v) is 10.7. The van der Waals surface area contributed by atoms with Gasteiger partial charge in [0, 0.05) is 23.5 Å². The Labute approximate surface area is 111 Å². The van der Waals surface area contributed by atoms with Crippen LogP contribution in [0.3, 0.4) is 0 Å². The van der Waals surface area contributed by atoms with Crippen LogP contribution in [-0.2, 0) is 4.79 Å². The molecular formula is C14H16N2O3. The molecule has 5 heteroatoms. The number of ether oxygens (including phenoxy) is 1. The topological polar surface area (TPSA) is 85.4 Å². The molecule has 1 unspecified atom stereocenters. The first kappa shape index (κ1) is 13.3. The predicted octanol–water partition coefficient (Wildman–Crippen LogP) is 1.76. The van der Waals surface area contributed by atoms with Crippen LogP contribution in [0.1, 0.15) is 18.0 Å². The molecule has 0 spiro atoms. The summed E-state index contributed by atoms with van der Waals surface area (Å²) in [5, 5.41) is 9.84. The molecule has 0 amide bonds. The van der Waals surface area contributed by atoms with Crippen molar-refractivity contribution in [3.8, 4) is 5.75 Å². The highest BCUT2D eigenvalue weighted by molar-refractivity contribution is 5.84. The Hall–Kier alpha value is -2.14. The Bertz CT molecular complexity index is 598. The van der Waals surface area contributed by atoms with E-state index in [1.165, 1.54) is 0 Å². The van der Waals surface area contributed by atoms with Crippen LogP contribution in [0, 0.1) is 0 Å². The van der Waals surface area contributed by atoms with E-state index in [9.17, 15) is 4.79 Å². The summed E-state index contributed by atoms with van der Waals surface area (Å²) in [5.41, 5.74) is 7.04. The molecule has 0 aliphatic rings. The summed E-state index contributed by atoms with van der Waals surface area (Å²) in [6.45, 7) is 0.250. The van der Waals surface area contributed by atoms with E-state index in [1.54, 1.807) is 7.11 Å². The van der Waals surface area contributed by atoms with Gasteiger partial charge in [0.2, 0.25) is 0 Å². The van der Waals surface area contributed by atoms with Gasteiger partial charge in [-0.15, -0.1) is 0 Å². The highest BCUT2D eigenvalue weighted by Crippen LogP contribution is 2.26. The Morgan fingerprint density at radius 1 is 1.42 bits per heavy atom. The average Bonchev–Trinajstić information content (AvgIpc) is 2.43. The maximum Gasteiger partial charge on any atom is 0.304 e. The summed E-state index contributed by atoms with van der Waals surface area (Å²) >= 11 is 0. The van der Waals surface area contributed by atoms with E-state index in [2.05, 4.69) is 4.98 Å². The number of methoxy groups -OCH3 is 1. The summed E-state index contributed by atoms with van der Waals surface area (Å²) in [5.74, 6) is -0.491. The van der Waals surface area contributed by atoms with Gasteiger partial charge in [0.1, 0.15) is 11.3 Å². The number of nitrogens with two attached hydrogens (primary N) is 1. The van der Waals surface area contributed by atoms with Crippen molar-refractivity contribution >= 4 is 16.9 Å². The van der Waals surface area contributed by atoms with Crippen molar-refractivity contribution < 1.29 is 14.6 Å². The minimum atomic E-state index is -0.877. The third kappa shape index (κ3) is 2.82. The minimum absolute atomic E-state index is 0.0237. The Morgan fingerprint density at radius 3 is 2.84 bits per heavy atom. The largest absolute Gasteiger partial charge is 0.494 e. The van der Waals surface area contributed by atoms with Gasteiger partial charge < -0.3 is 15.6 Å². The molecule has 2 rings (SSSR count). The van der Waals surface area contributed by atoms with Crippen LogP contribution < -0.4 is 10.5 Å². The van der Waals surface area contributed by atoms with Gasteiger partial charge in [0.25, 0.3) is 0 Å². The highest BCUT2D eigenvalue weighted by atomic mass is 16.5. The first-order valence-electron chi connectivity index (χ1n) is 6.01. The summed E-state index contributed by atoms with van der Waals surface area (Å²) in [6, 6.07) is 9.38. The lowest BCUT2D eigenvalue weighted by Crippen LogP contribution is -2.17. The number of carbonyl (C=O) groups is 1. The van der Waals surface area contributed by atoms with Gasteiger partial charge in [-0.1, -0.05) is 18.2 Å². The molecule has 1 aromatic heterocycles. The monoisotopic (exact) mass is 260 g/mol. The van der Waals surface area contributed by atoms with E-state index in [1.807, 2.05) is 30.3 Å². The van der Waals surface area contributed by atoms with Gasteiger partial charge in [-0.05, 0) is 12.1 Å². The third-order valence-electron chi connectivity index (χ3n) is 3.05. The zero-order valence-electron chi connectivity index (χ0n) is 10.7. The van der Waals surface area contributed by atoms with E-state index >= 15 is 0 Å². The number of carboxylic acid groups (broad SMARTS) is 1. The van der Waals surface area contributed by atoms with E-state index in [-0.39, 0.29) is 18.9 Å². The number of rotatable bonds is 5. The first-order valence-corrected chi connectivity index (χ1v) is 6.01. The van der Waals surface area contributed by atoms with Gasteiger partial charge >= 0.3 is 5.97 Å². The van der Waals surface area contributed by atoms with Gasteiger partial charge in [0.05, 0.1) is 13.5 Å². The number of hydrogen-bond acceptors (Lipinski definition) is 4. The molecule has 0 aliphatic carbocycles. The molecule has 19 heavy (non-hydrogen) atoms. The molecule has 3 N–H and O–H groups in total. The second-order valence-corrected chi connectivity index (χ2v) is 4.30. The highest BCUT2D eigenvalue weighted by Gasteiger charge is 2.16. The number of aromatic nitrogens is 1. The number of carboxylic acids is 1. The van der Waals surface area contributed by atoms with Crippen molar-refractivity contribution in [2.24, 2.45) is 5.73 Å². The maximum atomic E-state index is 10.8. The second kappa shape index (κ2) is 5.67. The standard InChI is InChI=1S/C14H16N2O3/c1-19-12-4-2-3-9-5-6-11(16-14(9)12)10(8-15)7-13(17)18/h2-6,10H,7-8,15H2,1H3,(H,17,18). The fourth-order valence-corrected chi connectivity index (χ4v) is 2.05. The first-order chi connectivity index (χ1) is 9.15. The quantitative estimate of drug-likeness (QED) is 0.855. The second-order valence-electron chi connectivity index (χ2n) is 4.30. The maximum absolute atomic E-state index is 10.8. The van der Waals surface area contributed by atoms with Crippen molar-refractivity contribution in [3.63, 3.8) is 0 Å². The number of pyridine rings is 1. The Morgan fingerprint density at radius 2 is 2.21 bits per heavy atom. The molecule has 0 fully saturated rings. The number of hydrogen-bond donors (Lipinski definition) is 2. The summed E-state index contributed by atoms with van der Waals surface area (Å²) in [6.07, 6.45) is -0.0237. The van der Waals surface area contributed by atoms with Gasteiger partial charge in [-0.2, -0.15) is 0 Å². The fraction of sp³-hybridized carbons (Fsp3) is 0.286. The third-order valence-corrected chi connectivity index (χ3v) is 3.05. The molecule has 0 aliphatic heterocycles. The molecule has 0 radical (unpaired) electrons. The predicted molar refractivity (Wildman–Crippen MR) is 72.3 cm³/mol. The molecule has 0 bridgehead atoms. The molecule has 2 aromatic rings. The van der Waals surface area contributed by atoms with Crippen LogP contribution in [0.4, 0.5) is 0 Å². The molecule has 100 valence electrons. The lowest BCUT2D eigenvalue weighted by molar-refractivity contribution is -0.137.